The van der Waals surface area contributed by atoms with E-state index in [1.807, 2.05) is 24.3 Å². The minimum atomic E-state index is -0.433. The van der Waals surface area contributed by atoms with Gasteiger partial charge < -0.3 is 24.8 Å². The number of urea groups is 1. The number of likely N-dealkylation sites (N-methyl/N-ethyl adjacent to an activating group) is 1. The predicted octanol–water partition coefficient (Wildman–Crippen LogP) is 1.96. The van der Waals surface area contributed by atoms with Gasteiger partial charge in [0.25, 0.3) is 0 Å². The normalized spacial score (nSPS) is 23.2. The first-order valence-corrected chi connectivity index (χ1v) is 9.00. The fourth-order valence-corrected chi connectivity index (χ4v) is 3.88. The number of hydrogen-bond donors (Lipinski definition) is 2. The second kappa shape index (κ2) is 6.48. The third-order valence-corrected chi connectivity index (χ3v) is 5.36. The van der Waals surface area contributed by atoms with Crippen LogP contribution in [-0.4, -0.2) is 65.6 Å². The highest BCUT2D eigenvalue weighted by molar-refractivity contribution is 6.31. The van der Waals surface area contributed by atoms with Gasteiger partial charge in [-0.25, -0.2) is 4.79 Å². The van der Waals surface area contributed by atoms with Crippen LogP contribution in [0, 0.1) is 0 Å². The maximum absolute atomic E-state index is 12.5. The molecule has 2 saturated heterocycles. The first-order chi connectivity index (χ1) is 12.4. The standard InChI is InChI=1S/C18H21ClN4O3/c1-22-10-18(26-9-16(22)24)4-5-23(11-18)17(25)20-8-14-7-12-6-13(19)2-3-15(12)21-14/h2-3,6-7,21H,4-5,8-11H2,1H3,(H,20,25)/t18-/m0/s1. The summed E-state index contributed by atoms with van der Waals surface area (Å²) in [6.45, 7) is 2.14. The SMILES string of the molecule is CN1C[C@]2(CCN(C(=O)NCc3cc4cc(Cl)ccc4[nH]3)C2)OCC1=O. The Bertz CT molecular complexity index is 867. The molecule has 0 unspecified atom stereocenters. The summed E-state index contributed by atoms with van der Waals surface area (Å²) in [5, 5.41) is 4.65. The molecule has 2 aromatic rings. The first kappa shape index (κ1) is 17.2. The zero-order valence-corrected chi connectivity index (χ0v) is 15.3. The molecule has 0 bridgehead atoms. The number of carbonyl (C=O) groups is 2. The Hall–Kier alpha value is -2.25. The van der Waals surface area contributed by atoms with Gasteiger partial charge in [-0.2, -0.15) is 0 Å². The Morgan fingerprint density at radius 2 is 2.23 bits per heavy atom. The van der Waals surface area contributed by atoms with Crippen molar-refractivity contribution in [2.75, 3.05) is 33.3 Å². The van der Waals surface area contributed by atoms with Gasteiger partial charge in [0, 0.05) is 35.2 Å². The van der Waals surface area contributed by atoms with Gasteiger partial charge in [-0.15, -0.1) is 0 Å². The number of morpholine rings is 1. The number of benzene rings is 1. The summed E-state index contributed by atoms with van der Waals surface area (Å²) in [4.78, 5) is 30.8. The van der Waals surface area contributed by atoms with Crippen molar-refractivity contribution in [1.29, 1.82) is 0 Å². The lowest BCUT2D eigenvalue weighted by Crippen LogP contribution is -2.55. The summed E-state index contributed by atoms with van der Waals surface area (Å²) in [5.74, 6) is -0.0163. The summed E-state index contributed by atoms with van der Waals surface area (Å²) in [5.41, 5.74) is 1.48. The molecule has 1 aromatic heterocycles. The highest BCUT2D eigenvalue weighted by Gasteiger charge is 2.45. The van der Waals surface area contributed by atoms with Crippen molar-refractivity contribution < 1.29 is 14.3 Å². The maximum Gasteiger partial charge on any atom is 0.317 e. The van der Waals surface area contributed by atoms with Crippen LogP contribution >= 0.6 is 11.6 Å². The molecule has 1 spiro atoms. The molecular weight excluding hydrogens is 356 g/mol. The average molecular weight is 377 g/mol. The van der Waals surface area contributed by atoms with Gasteiger partial charge in [-0.1, -0.05) is 11.6 Å². The minimum Gasteiger partial charge on any atom is -0.361 e. The zero-order chi connectivity index (χ0) is 18.3. The van der Waals surface area contributed by atoms with Gasteiger partial charge >= 0.3 is 6.03 Å². The summed E-state index contributed by atoms with van der Waals surface area (Å²) in [7, 11) is 1.78. The lowest BCUT2D eigenvalue weighted by Gasteiger charge is -2.38. The van der Waals surface area contributed by atoms with Crippen molar-refractivity contribution in [2.24, 2.45) is 0 Å². The first-order valence-electron chi connectivity index (χ1n) is 8.62. The molecule has 7 nitrogen and oxygen atoms in total. The Kier molecular flexibility index (Phi) is 4.28. The molecule has 26 heavy (non-hydrogen) atoms. The molecule has 2 fully saturated rings. The Labute approximate surface area is 156 Å². The number of halogens is 1. The molecule has 4 rings (SSSR count). The topological polar surface area (TPSA) is 77.7 Å². The van der Waals surface area contributed by atoms with Gasteiger partial charge in [0.1, 0.15) is 12.2 Å². The minimum absolute atomic E-state index is 0.0163. The van der Waals surface area contributed by atoms with E-state index in [0.29, 0.717) is 31.2 Å². The van der Waals surface area contributed by atoms with Gasteiger partial charge in [-0.05, 0) is 30.7 Å². The number of ether oxygens (including phenoxy) is 1. The molecule has 2 N–H and O–H groups in total. The molecule has 3 heterocycles. The number of amides is 3. The molecular formula is C18H21ClN4O3. The van der Waals surface area contributed by atoms with Crippen LogP contribution in [0.2, 0.25) is 5.02 Å². The van der Waals surface area contributed by atoms with E-state index in [4.69, 9.17) is 16.3 Å². The number of nitrogens with one attached hydrogen (secondary N) is 2. The maximum atomic E-state index is 12.5. The number of aromatic nitrogens is 1. The number of carbonyl (C=O) groups excluding carboxylic acids is 2. The number of fused-ring (bicyclic) bond motifs is 1. The van der Waals surface area contributed by atoms with E-state index in [1.165, 1.54) is 0 Å². The van der Waals surface area contributed by atoms with Gasteiger partial charge in [0.05, 0.1) is 19.6 Å². The van der Waals surface area contributed by atoms with Crippen molar-refractivity contribution in [2.45, 2.75) is 18.6 Å². The monoisotopic (exact) mass is 376 g/mol. The highest BCUT2D eigenvalue weighted by atomic mass is 35.5. The van der Waals surface area contributed by atoms with Crippen LogP contribution < -0.4 is 5.32 Å². The van der Waals surface area contributed by atoms with Gasteiger partial charge in [0.2, 0.25) is 5.91 Å². The third-order valence-electron chi connectivity index (χ3n) is 5.13. The van der Waals surface area contributed by atoms with Crippen molar-refractivity contribution in [3.05, 3.63) is 35.0 Å². The number of nitrogens with zero attached hydrogens (tertiary/aromatic N) is 2. The van der Waals surface area contributed by atoms with E-state index in [0.717, 1.165) is 23.0 Å². The summed E-state index contributed by atoms with van der Waals surface area (Å²) >= 11 is 6.01. The van der Waals surface area contributed by atoms with E-state index in [1.54, 1.807) is 16.8 Å². The number of aromatic amines is 1. The van der Waals surface area contributed by atoms with Crippen molar-refractivity contribution in [3.8, 4) is 0 Å². The van der Waals surface area contributed by atoms with Crippen LogP contribution in [0.25, 0.3) is 10.9 Å². The van der Waals surface area contributed by atoms with E-state index >= 15 is 0 Å². The zero-order valence-electron chi connectivity index (χ0n) is 14.5. The largest absolute Gasteiger partial charge is 0.361 e. The fraction of sp³-hybridized carbons (Fsp3) is 0.444. The lowest BCUT2D eigenvalue weighted by molar-refractivity contribution is -0.158. The Morgan fingerprint density at radius 1 is 1.38 bits per heavy atom. The summed E-state index contributed by atoms with van der Waals surface area (Å²) < 4.78 is 5.77. The molecule has 1 atom stereocenters. The van der Waals surface area contributed by atoms with Crippen LogP contribution in [0.15, 0.2) is 24.3 Å². The van der Waals surface area contributed by atoms with Crippen LogP contribution in [0.5, 0.6) is 0 Å². The molecule has 2 aliphatic heterocycles. The third kappa shape index (κ3) is 3.24. The van der Waals surface area contributed by atoms with E-state index < -0.39 is 5.60 Å². The van der Waals surface area contributed by atoms with Crippen LogP contribution in [0.1, 0.15) is 12.1 Å². The number of rotatable bonds is 2. The molecule has 0 aliphatic carbocycles. The van der Waals surface area contributed by atoms with Crippen molar-refractivity contribution >= 4 is 34.4 Å². The Morgan fingerprint density at radius 3 is 3.04 bits per heavy atom. The van der Waals surface area contributed by atoms with E-state index in [2.05, 4.69) is 10.3 Å². The molecule has 138 valence electrons. The lowest BCUT2D eigenvalue weighted by atomic mass is 10.0. The van der Waals surface area contributed by atoms with Crippen molar-refractivity contribution in [1.82, 2.24) is 20.1 Å². The number of H-pyrrole nitrogens is 1. The van der Waals surface area contributed by atoms with E-state index in [-0.39, 0.29) is 18.5 Å². The number of likely N-dealkylation sites (tertiary alicyclic amines) is 1. The Balaban J connectivity index is 1.35. The van der Waals surface area contributed by atoms with Crippen LogP contribution in [0.3, 0.4) is 0 Å². The van der Waals surface area contributed by atoms with Gasteiger partial charge in [-0.3, -0.25) is 4.79 Å². The smallest absolute Gasteiger partial charge is 0.317 e. The molecule has 0 radical (unpaired) electrons. The molecule has 2 aliphatic rings. The average Bonchev–Trinajstić information content (AvgIpc) is 3.20. The van der Waals surface area contributed by atoms with Gasteiger partial charge in [0.15, 0.2) is 0 Å². The number of hydrogen-bond acceptors (Lipinski definition) is 3. The summed E-state index contributed by atoms with van der Waals surface area (Å²) in [6.07, 6.45) is 0.739. The van der Waals surface area contributed by atoms with Crippen LogP contribution in [-0.2, 0) is 16.1 Å². The molecule has 3 amide bonds. The second-order valence-corrected chi connectivity index (χ2v) is 7.51. The highest BCUT2D eigenvalue weighted by Crippen LogP contribution is 2.29. The molecule has 8 heteroatoms. The molecule has 0 saturated carbocycles. The quantitative estimate of drug-likeness (QED) is 0.841. The second-order valence-electron chi connectivity index (χ2n) is 7.08. The van der Waals surface area contributed by atoms with E-state index in [9.17, 15) is 9.59 Å². The van der Waals surface area contributed by atoms with Crippen LogP contribution in [0.4, 0.5) is 4.79 Å². The summed E-state index contributed by atoms with van der Waals surface area (Å²) in [6, 6.07) is 7.50. The fourth-order valence-electron chi connectivity index (χ4n) is 3.70. The predicted molar refractivity (Wildman–Crippen MR) is 98.1 cm³/mol. The van der Waals surface area contributed by atoms with Crippen molar-refractivity contribution in [3.63, 3.8) is 0 Å². The molecule has 1 aromatic carbocycles.